The number of benzene rings is 1. The second kappa shape index (κ2) is 7.29. The van der Waals surface area contributed by atoms with E-state index in [2.05, 4.69) is 43.4 Å². The third kappa shape index (κ3) is 4.23. The Balaban J connectivity index is 2.50. The van der Waals surface area contributed by atoms with Crippen molar-refractivity contribution in [1.29, 1.82) is 0 Å². The van der Waals surface area contributed by atoms with Crippen molar-refractivity contribution in [3.8, 4) is 0 Å². The fourth-order valence-corrected chi connectivity index (χ4v) is 1.65. The van der Waals surface area contributed by atoms with E-state index in [4.69, 9.17) is 4.74 Å². The maximum absolute atomic E-state index is 5.36. The van der Waals surface area contributed by atoms with Gasteiger partial charge in [0.1, 0.15) is 0 Å². The van der Waals surface area contributed by atoms with Crippen molar-refractivity contribution < 1.29 is 4.74 Å². The highest BCUT2D eigenvalue weighted by molar-refractivity contribution is 5.45. The molecule has 0 fully saturated rings. The van der Waals surface area contributed by atoms with Crippen molar-refractivity contribution >= 4 is 5.69 Å². The number of anilines is 1. The molecular weight excluding hydrogens is 198 g/mol. The second-order valence-electron chi connectivity index (χ2n) is 3.99. The smallest absolute Gasteiger partial charge is 0.0716 e. The lowest BCUT2D eigenvalue weighted by atomic mass is 10.1. The summed E-state index contributed by atoms with van der Waals surface area (Å²) in [6, 6.07) is 9.10. The Kier molecular flexibility index (Phi) is 5.94. The Morgan fingerprint density at radius 2 is 1.69 bits per heavy atom. The Hall–Kier alpha value is -1.02. The number of ether oxygens (including phenoxy) is 1. The third-order valence-corrected chi connectivity index (χ3v) is 2.78. The van der Waals surface area contributed by atoms with Crippen molar-refractivity contribution in [2.45, 2.75) is 46.3 Å². The normalized spacial score (nSPS) is 10.8. The van der Waals surface area contributed by atoms with Crippen LogP contribution in [0, 0.1) is 0 Å². The molecule has 1 N–H and O–H groups in total. The molecule has 0 aliphatic rings. The van der Waals surface area contributed by atoms with Crippen molar-refractivity contribution in [2.75, 3.05) is 11.9 Å². The van der Waals surface area contributed by atoms with Crippen LogP contribution in [0.1, 0.15) is 39.2 Å². The lowest BCUT2D eigenvalue weighted by molar-refractivity contribution is 0.134. The Morgan fingerprint density at radius 3 is 2.19 bits per heavy atom. The van der Waals surface area contributed by atoms with E-state index in [1.165, 1.54) is 11.3 Å². The van der Waals surface area contributed by atoms with Crippen LogP contribution in [0.5, 0.6) is 0 Å². The van der Waals surface area contributed by atoms with Crippen LogP contribution in [0.15, 0.2) is 24.3 Å². The summed E-state index contributed by atoms with van der Waals surface area (Å²) in [5.74, 6) is 0. The average molecular weight is 221 g/mol. The van der Waals surface area contributed by atoms with E-state index < -0.39 is 0 Å². The topological polar surface area (TPSA) is 21.3 Å². The second-order valence-corrected chi connectivity index (χ2v) is 3.99. The van der Waals surface area contributed by atoms with Gasteiger partial charge >= 0.3 is 0 Å². The summed E-state index contributed by atoms with van der Waals surface area (Å²) in [5.41, 5.74) is 2.44. The highest BCUT2D eigenvalue weighted by Gasteiger charge is 2.02. The molecule has 1 rings (SSSR count). The van der Waals surface area contributed by atoms with Gasteiger partial charge in [-0.25, -0.2) is 0 Å². The van der Waals surface area contributed by atoms with Crippen molar-refractivity contribution in [1.82, 2.24) is 0 Å². The van der Waals surface area contributed by atoms with Gasteiger partial charge in [0, 0.05) is 18.3 Å². The van der Waals surface area contributed by atoms with Crippen molar-refractivity contribution in [2.24, 2.45) is 0 Å². The highest BCUT2D eigenvalue weighted by Crippen LogP contribution is 2.13. The van der Waals surface area contributed by atoms with Gasteiger partial charge < -0.3 is 10.1 Å². The number of nitrogens with one attached hydrogen (secondary N) is 1. The summed E-state index contributed by atoms with van der Waals surface area (Å²) in [4.78, 5) is 0. The van der Waals surface area contributed by atoms with E-state index in [1.807, 2.05) is 6.92 Å². The number of rotatable bonds is 7. The van der Waals surface area contributed by atoms with Crippen LogP contribution in [0.4, 0.5) is 5.69 Å². The van der Waals surface area contributed by atoms with Gasteiger partial charge in [0.2, 0.25) is 0 Å². The summed E-state index contributed by atoms with van der Waals surface area (Å²) >= 11 is 0. The van der Waals surface area contributed by atoms with E-state index in [-0.39, 0.29) is 0 Å². The first-order valence-electron chi connectivity index (χ1n) is 6.23. The van der Waals surface area contributed by atoms with Crippen LogP contribution < -0.4 is 5.32 Å². The fraction of sp³-hybridized carbons (Fsp3) is 0.571. The van der Waals surface area contributed by atoms with Gasteiger partial charge in [-0.1, -0.05) is 26.0 Å². The van der Waals surface area contributed by atoms with Crippen LogP contribution in [0.25, 0.3) is 0 Å². The zero-order valence-corrected chi connectivity index (χ0v) is 10.6. The molecule has 0 atom stereocenters. The first-order chi connectivity index (χ1) is 7.80. The van der Waals surface area contributed by atoms with Gasteiger partial charge in [-0.15, -0.1) is 0 Å². The Bertz CT molecular complexity index is 277. The molecule has 0 aliphatic heterocycles. The summed E-state index contributed by atoms with van der Waals surface area (Å²) < 4.78 is 5.36. The quantitative estimate of drug-likeness (QED) is 0.755. The number of hydrogen-bond acceptors (Lipinski definition) is 2. The van der Waals surface area contributed by atoms with Gasteiger partial charge in [0.05, 0.1) is 6.61 Å². The van der Waals surface area contributed by atoms with Crippen molar-refractivity contribution in [3.05, 3.63) is 29.8 Å². The molecule has 0 unspecified atom stereocenters. The Morgan fingerprint density at radius 1 is 1.06 bits per heavy atom. The van der Waals surface area contributed by atoms with Gasteiger partial charge in [0.25, 0.3) is 0 Å². The van der Waals surface area contributed by atoms with Crippen molar-refractivity contribution in [3.63, 3.8) is 0 Å². The van der Waals surface area contributed by atoms with Crippen LogP contribution in [-0.2, 0) is 11.3 Å². The predicted octanol–water partition coefficient (Wildman–Crippen LogP) is 3.82. The highest BCUT2D eigenvalue weighted by atomic mass is 16.5. The molecule has 0 saturated heterocycles. The Labute approximate surface area is 99.0 Å². The van der Waals surface area contributed by atoms with E-state index in [0.29, 0.717) is 12.6 Å². The molecular formula is C14H23NO. The molecule has 0 bridgehead atoms. The van der Waals surface area contributed by atoms with Crippen LogP contribution in [0.2, 0.25) is 0 Å². The molecule has 1 aromatic rings. The minimum absolute atomic E-state index is 0.581. The van der Waals surface area contributed by atoms with Gasteiger partial charge in [-0.2, -0.15) is 0 Å². The summed E-state index contributed by atoms with van der Waals surface area (Å²) in [7, 11) is 0. The molecule has 0 aromatic heterocycles. The average Bonchev–Trinajstić information content (AvgIpc) is 2.35. The maximum atomic E-state index is 5.36. The lowest BCUT2D eigenvalue weighted by Crippen LogP contribution is -2.16. The predicted molar refractivity (Wildman–Crippen MR) is 69.8 cm³/mol. The van der Waals surface area contributed by atoms with Crippen LogP contribution >= 0.6 is 0 Å². The molecule has 0 aliphatic carbocycles. The summed E-state index contributed by atoms with van der Waals surface area (Å²) in [6.07, 6.45) is 2.33. The first-order valence-corrected chi connectivity index (χ1v) is 6.23. The first kappa shape index (κ1) is 13.0. The van der Waals surface area contributed by atoms with Crippen LogP contribution in [0.3, 0.4) is 0 Å². The lowest BCUT2D eigenvalue weighted by Gasteiger charge is -2.16. The van der Waals surface area contributed by atoms with Gasteiger partial charge in [-0.3, -0.25) is 0 Å². The summed E-state index contributed by atoms with van der Waals surface area (Å²) in [5, 5.41) is 3.52. The largest absolute Gasteiger partial charge is 0.382 e. The van der Waals surface area contributed by atoms with Gasteiger partial charge in [0.15, 0.2) is 0 Å². The molecule has 2 nitrogen and oxygen atoms in total. The SMILES string of the molecule is CCOCc1ccc(NC(CC)CC)cc1. The zero-order valence-electron chi connectivity index (χ0n) is 10.6. The summed E-state index contributed by atoms with van der Waals surface area (Å²) in [6.45, 7) is 7.92. The third-order valence-electron chi connectivity index (χ3n) is 2.78. The molecule has 0 amide bonds. The molecule has 0 spiro atoms. The van der Waals surface area contributed by atoms with Gasteiger partial charge in [-0.05, 0) is 37.5 Å². The minimum Gasteiger partial charge on any atom is -0.382 e. The molecule has 0 saturated carbocycles. The van der Waals surface area contributed by atoms with E-state index >= 15 is 0 Å². The monoisotopic (exact) mass is 221 g/mol. The maximum Gasteiger partial charge on any atom is 0.0716 e. The van der Waals surface area contributed by atoms with E-state index in [1.54, 1.807) is 0 Å². The van der Waals surface area contributed by atoms with E-state index in [9.17, 15) is 0 Å². The van der Waals surface area contributed by atoms with Crippen LogP contribution in [-0.4, -0.2) is 12.6 Å². The molecule has 90 valence electrons. The molecule has 1 aromatic carbocycles. The van der Waals surface area contributed by atoms with E-state index in [0.717, 1.165) is 19.4 Å². The molecule has 2 heteroatoms. The number of hydrogen-bond donors (Lipinski definition) is 1. The molecule has 0 heterocycles. The zero-order chi connectivity index (χ0) is 11.8. The molecule has 0 radical (unpaired) electrons. The minimum atomic E-state index is 0.581. The fourth-order valence-electron chi connectivity index (χ4n) is 1.65. The molecule has 16 heavy (non-hydrogen) atoms. The standard InChI is InChI=1S/C14H23NO/c1-4-13(5-2)15-14-9-7-12(8-10-14)11-16-6-3/h7-10,13,15H,4-6,11H2,1-3H3.